The molecule has 104 valence electrons. The van der Waals surface area contributed by atoms with Gasteiger partial charge in [0.15, 0.2) is 0 Å². The van der Waals surface area contributed by atoms with E-state index in [4.69, 9.17) is 4.74 Å². The summed E-state index contributed by atoms with van der Waals surface area (Å²) in [5.41, 5.74) is 2.03. The molecule has 0 saturated heterocycles. The summed E-state index contributed by atoms with van der Waals surface area (Å²) in [5, 5.41) is 0. The molecule has 0 bridgehead atoms. The summed E-state index contributed by atoms with van der Waals surface area (Å²) < 4.78 is 6.07. The second kappa shape index (κ2) is 5.25. The molecular formula is C15H20BrNO2. The SMILES string of the molecule is COC(=O)C1(C(c2cc(Br)ccc2C)N(C)C)CC1. The maximum absolute atomic E-state index is 12.2. The molecular weight excluding hydrogens is 306 g/mol. The number of benzene rings is 1. The van der Waals surface area contributed by atoms with Gasteiger partial charge in [-0.1, -0.05) is 22.0 Å². The number of ether oxygens (including phenoxy) is 1. The summed E-state index contributed by atoms with van der Waals surface area (Å²) in [4.78, 5) is 14.3. The van der Waals surface area contributed by atoms with E-state index >= 15 is 0 Å². The van der Waals surface area contributed by atoms with Crippen molar-refractivity contribution in [1.29, 1.82) is 0 Å². The van der Waals surface area contributed by atoms with Gasteiger partial charge in [-0.15, -0.1) is 0 Å². The Balaban J connectivity index is 2.47. The zero-order chi connectivity index (χ0) is 14.2. The van der Waals surface area contributed by atoms with Crippen LogP contribution in [0.15, 0.2) is 22.7 Å². The number of esters is 1. The number of rotatable bonds is 4. The third-order valence-electron chi connectivity index (χ3n) is 3.96. The third-order valence-corrected chi connectivity index (χ3v) is 4.45. The molecule has 0 aromatic heterocycles. The molecule has 1 aliphatic rings. The summed E-state index contributed by atoms with van der Waals surface area (Å²) in [7, 11) is 5.52. The topological polar surface area (TPSA) is 29.5 Å². The van der Waals surface area contributed by atoms with Crippen LogP contribution in [-0.2, 0) is 9.53 Å². The van der Waals surface area contributed by atoms with Crippen LogP contribution in [0.2, 0.25) is 0 Å². The molecule has 1 unspecified atom stereocenters. The van der Waals surface area contributed by atoms with Crippen LogP contribution in [0.5, 0.6) is 0 Å². The Morgan fingerprint density at radius 3 is 2.53 bits per heavy atom. The molecule has 0 N–H and O–H groups in total. The molecule has 1 saturated carbocycles. The van der Waals surface area contributed by atoms with Gasteiger partial charge in [-0.25, -0.2) is 0 Å². The molecule has 1 aromatic carbocycles. The minimum atomic E-state index is -0.371. The van der Waals surface area contributed by atoms with Gasteiger partial charge in [-0.05, 0) is 57.1 Å². The number of hydrogen-bond acceptors (Lipinski definition) is 3. The fourth-order valence-electron chi connectivity index (χ4n) is 2.90. The zero-order valence-corrected chi connectivity index (χ0v) is 13.5. The lowest BCUT2D eigenvalue weighted by Crippen LogP contribution is -2.35. The van der Waals surface area contributed by atoms with E-state index in [2.05, 4.69) is 39.9 Å². The summed E-state index contributed by atoms with van der Waals surface area (Å²) in [6, 6.07) is 6.30. The number of carbonyl (C=O) groups is 1. The van der Waals surface area contributed by atoms with E-state index in [9.17, 15) is 4.79 Å². The van der Waals surface area contributed by atoms with Crippen molar-refractivity contribution in [3.8, 4) is 0 Å². The molecule has 0 radical (unpaired) electrons. The molecule has 0 aliphatic heterocycles. The molecule has 1 aromatic rings. The molecule has 4 heteroatoms. The lowest BCUT2D eigenvalue weighted by molar-refractivity contribution is -0.150. The first-order valence-corrected chi connectivity index (χ1v) is 7.22. The quantitative estimate of drug-likeness (QED) is 0.795. The van der Waals surface area contributed by atoms with E-state index in [1.807, 2.05) is 20.2 Å². The minimum Gasteiger partial charge on any atom is -0.469 e. The van der Waals surface area contributed by atoms with Gasteiger partial charge in [0.2, 0.25) is 0 Å². The summed E-state index contributed by atoms with van der Waals surface area (Å²) >= 11 is 3.52. The van der Waals surface area contributed by atoms with Gasteiger partial charge in [0.05, 0.1) is 18.6 Å². The largest absolute Gasteiger partial charge is 0.469 e. The Labute approximate surface area is 123 Å². The van der Waals surface area contributed by atoms with E-state index in [0.717, 1.165) is 17.3 Å². The number of methoxy groups -OCH3 is 1. The summed E-state index contributed by atoms with van der Waals surface area (Å²) in [5.74, 6) is -0.0921. The third kappa shape index (κ3) is 2.56. The van der Waals surface area contributed by atoms with Gasteiger partial charge < -0.3 is 9.64 Å². The molecule has 0 heterocycles. The molecule has 1 aliphatic carbocycles. The van der Waals surface area contributed by atoms with Crippen molar-refractivity contribution in [1.82, 2.24) is 4.90 Å². The lowest BCUT2D eigenvalue weighted by atomic mass is 9.87. The van der Waals surface area contributed by atoms with Crippen molar-refractivity contribution in [2.24, 2.45) is 5.41 Å². The van der Waals surface area contributed by atoms with Crippen LogP contribution < -0.4 is 0 Å². The number of nitrogens with zero attached hydrogens (tertiary/aromatic N) is 1. The van der Waals surface area contributed by atoms with Crippen LogP contribution in [0, 0.1) is 12.3 Å². The summed E-state index contributed by atoms with van der Waals surface area (Å²) in [6.07, 6.45) is 1.79. The fraction of sp³-hybridized carbons (Fsp3) is 0.533. The predicted octanol–water partition coefficient (Wildman–Crippen LogP) is 3.31. The minimum absolute atomic E-state index is 0.0671. The first-order chi connectivity index (χ1) is 8.92. The highest BCUT2D eigenvalue weighted by Gasteiger charge is 2.58. The van der Waals surface area contributed by atoms with Gasteiger partial charge >= 0.3 is 5.97 Å². The lowest BCUT2D eigenvalue weighted by Gasteiger charge is -2.32. The van der Waals surface area contributed by atoms with Crippen LogP contribution in [0.1, 0.15) is 30.0 Å². The number of aryl methyl sites for hydroxylation is 1. The first kappa shape index (κ1) is 14.5. The van der Waals surface area contributed by atoms with Crippen LogP contribution in [0.3, 0.4) is 0 Å². The highest BCUT2D eigenvalue weighted by Crippen LogP contribution is 2.58. The van der Waals surface area contributed by atoms with Gasteiger partial charge in [0.25, 0.3) is 0 Å². The van der Waals surface area contributed by atoms with Crippen molar-refractivity contribution in [3.05, 3.63) is 33.8 Å². The number of halogens is 1. The highest BCUT2D eigenvalue weighted by molar-refractivity contribution is 9.10. The Morgan fingerprint density at radius 2 is 2.05 bits per heavy atom. The smallest absolute Gasteiger partial charge is 0.313 e. The molecule has 1 atom stereocenters. The van der Waals surface area contributed by atoms with Crippen molar-refractivity contribution in [2.75, 3.05) is 21.2 Å². The van der Waals surface area contributed by atoms with Gasteiger partial charge in [-0.3, -0.25) is 4.79 Å². The van der Waals surface area contributed by atoms with E-state index in [0.29, 0.717) is 0 Å². The standard InChI is InChI=1S/C15H20BrNO2/c1-10-5-6-11(16)9-12(10)13(17(2)3)15(7-8-15)14(18)19-4/h5-6,9,13H,7-8H2,1-4H3. The van der Waals surface area contributed by atoms with Gasteiger partial charge in [-0.2, -0.15) is 0 Å². The Bertz CT molecular complexity index is 495. The monoisotopic (exact) mass is 325 g/mol. The van der Waals surface area contributed by atoms with E-state index in [1.54, 1.807) is 0 Å². The number of carbonyl (C=O) groups excluding carboxylic acids is 1. The molecule has 2 rings (SSSR count). The Kier molecular flexibility index (Phi) is 4.02. The van der Waals surface area contributed by atoms with Crippen molar-refractivity contribution in [3.63, 3.8) is 0 Å². The van der Waals surface area contributed by atoms with E-state index < -0.39 is 0 Å². The van der Waals surface area contributed by atoms with E-state index in [-0.39, 0.29) is 17.4 Å². The fourth-order valence-corrected chi connectivity index (χ4v) is 3.28. The van der Waals surface area contributed by atoms with Crippen LogP contribution >= 0.6 is 15.9 Å². The van der Waals surface area contributed by atoms with Crippen molar-refractivity contribution >= 4 is 21.9 Å². The average Bonchev–Trinajstić information content (AvgIpc) is 3.14. The molecule has 0 spiro atoms. The Hall–Kier alpha value is -0.870. The maximum Gasteiger partial charge on any atom is 0.313 e. The number of hydrogen-bond donors (Lipinski definition) is 0. The first-order valence-electron chi connectivity index (χ1n) is 6.43. The van der Waals surface area contributed by atoms with E-state index in [1.165, 1.54) is 18.2 Å². The second-order valence-corrected chi connectivity index (χ2v) is 6.43. The van der Waals surface area contributed by atoms with Crippen LogP contribution in [0.4, 0.5) is 0 Å². The van der Waals surface area contributed by atoms with Crippen molar-refractivity contribution in [2.45, 2.75) is 25.8 Å². The van der Waals surface area contributed by atoms with Gasteiger partial charge in [0.1, 0.15) is 0 Å². The molecule has 19 heavy (non-hydrogen) atoms. The Morgan fingerprint density at radius 1 is 1.42 bits per heavy atom. The van der Waals surface area contributed by atoms with Crippen molar-refractivity contribution < 1.29 is 9.53 Å². The molecule has 1 fully saturated rings. The highest BCUT2D eigenvalue weighted by atomic mass is 79.9. The molecule has 3 nitrogen and oxygen atoms in total. The second-order valence-electron chi connectivity index (χ2n) is 5.51. The van der Waals surface area contributed by atoms with Crippen LogP contribution in [0.25, 0.3) is 0 Å². The van der Waals surface area contributed by atoms with Gasteiger partial charge in [0, 0.05) is 4.47 Å². The average molecular weight is 326 g/mol. The summed E-state index contributed by atoms with van der Waals surface area (Å²) in [6.45, 7) is 2.09. The van der Waals surface area contributed by atoms with Crippen LogP contribution in [-0.4, -0.2) is 32.1 Å². The maximum atomic E-state index is 12.2. The zero-order valence-electron chi connectivity index (χ0n) is 11.9. The molecule has 0 amide bonds. The normalized spacial score (nSPS) is 18.2. The predicted molar refractivity (Wildman–Crippen MR) is 79.0 cm³/mol.